The summed E-state index contributed by atoms with van der Waals surface area (Å²) in [5, 5.41) is 10.7. The summed E-state index contributed by atoms with van der Waals surface area (Å²) in [4.78, 5) is 74.6. The first kappa shape index (κ1) is 81.4. The Morgan fingerprint density at radius 2 is 0.750 bits per heavy atom. The van der Waals surface area contributed by atoms with Crippen LogP contribution in [0.1, 0.15) is 128 Å². The molecular weight excluding hydrogens is 1540 g/mol. The first-order valence-electron chi connectivity index (χ1n) is 35.4. The third-order valence-corrected chi connectivity index (χ3v) is 25.7. The number of allylic oxidation sites excluding steroid dienone is 3. The van der Waals surface area contributed by atoms with E-state index in [1.54, 1.807) is 66.2 Å². The lowest BCUT2D eigenvalue weighted by Gasteiger charge is -2.25. The Bertz CT molecular complexity index is 5620. The minimum absolute atomic E-state index is 0.0324. The molecule has 0 amide bonds. The third-order valence-electron chi connectivity index (χ3n) is 19.7. The van der Waals surface area contributed by atoms with Crippen LogP contribution in [0.3, 0.4) is 0 Å². The van der Waals surface area contributed by atoms with E-state index in [2.05, 4.69) is 59.3 Å². The number of nitrogens with zero attached hydrogens (tertiary/aromatic N) is 11. The van der Waals surface area contributed by atoms with Gasteiger partial charge in [-0.3, -0.25) is 37.7 Å². The molecule has 12 heterocycles. The second-order valence-corrected chi connectivity index (χ2v) is 34.8. The average molecular weight is 1620 g/mol. The summed E-state index contributed by atoms with van der Waals surface area (Å²) in [6.45, 7) is 7.56. The molecule has 6 aliphatic heterocycles. The molecule has 6 atom stereocenters. The summed E-state index contributed by atoms with van der Waals surface area (Å²) in [6, 6.07) is 14.4. The van der Waals surface area contributed by atoms with Gasteiger partial charge in [0.25, 0.3) is 36.0 Å². The zero-order valence-electron chi connectivity index (χ0n) is 61.2. The second-order valence-electron chi connectivity index (χ2n) is 27.4. The smallest absolute Gasteiger partial charge is 0.266 e. The molecule has 3 fully saturated rings. The van der Waals surface area contributed by atoms with Gasteiger partial charge in [-0.05, 0) is 75.0 Å². The summed E-state index contributed by atoms with van der Waals surface area (Å²) in [5.41, 5.74) is 1.92. The van der Waals surface area contributed by atoms with Crippen LogP contribution in [0.25, 0.3) is 49.8 Å². The van der Waals surface area contributed by atoms with E-state index in [-0.39, 0.29) is 74.2 Å². The first-order chi connectivity index (χ1) is 53.3. The van der Waals surface area contributed by atoms with Crippen molar-refractivity contribution in [3.63, 3.8) is 0 Å². The van der Waals surface area contributed by atoms with Crippen molar-refractivity contribution in [2.75, 3.05) is 90.1 Å². The Morgan fingerprint density at radius 3 is 0.991 bits per heavy atom. The van der Waals surface area contributed by atoms with Crippen LogP contribution in [0, 0.1) is 22.2 Å². The van der Waals surface area contributed by atoms with Crippen LogP contribution in [0.15, 0.2) is 133 Å². The molecule has 0 radical (unpaired) electrons. The molecule has 6 aromatic heterocycles. The Morgan fingerprint density at radius 1 is 0.455 bits per heavy atom. The summed E-state index contributed by atoms with van der Waals surface area (Å²) < 4.78 is 197. The van der Waals surface area contributed by atoms with Crippen molar-refractivity contribution in [3.05, 3.63) is 209 Å². The molecule has 594 valence electrons. The zero-order valence-corrected chi connectivity index (χ0v) is 63.7. The zero-order chi connectivity index (χ0) is 80.3. The third kappa shape index (κ3) is 17.9. The van der Waals surface area contributed by atoms with E-state index >= 15 is 0 Å². The molecule has 0 spiro atoms. The maximum Gasteiger partial charge on any atom is 0.266 e. The van der Waals surface area contributed by atoms with Crippen molar-refractivity contribution < 1.29 is 71.1 Å². The van der Waals surface area contributed by atoms with Gasteiger partial charge in [-0.25, -0.2) is 90.8 Å². The van der Waals surface area contributed by atoms with Crippen LogP contribution in [0.2, 0.25) is 0 Å². The monoisotopic (exact) mass is 1620 g/mol. The van der Waals surface area contributed by atoms with Crippen LogP contribution in [-0.2, 0) is 69.3 Å². The highest BCUT2D eigenvalue weighted by Crippen LogP contribution is 2.37. The summed E-state index contributed by atoms with van der Waals surface area (Å²) in [5.74, 6) is -0.273. The Hall–Kier alpha value is -10.1. The van der Waals surface area contributed by atoms with Crippen molar-refractivity contribution in [1.29, 1.82) is 4.78 Å². The van der Waals surface area contributed by atoms with E-state index in [4.69, 9.17) is 14.3 Å². The molecule has 3 unspecified atom stereocenters. The quantitative estimate of drug-likeness (QED) is 0.0615. The number of rotatable bonds is 17. The number of nitrogens with one attached hydrogen (secondary N) is 4. The van der Waals surface area contributed by atoms with Crippen LogP contribution in [-0.4, -0.2) is 148 Å². The van der Waals surface area contributed by atoms with Gasteiger partial charge in [0.1, 0.15) is 96.1 Å². The highest BCUT2D eigenvalue weighted by atomic mass is 32.2. The van der Waals surface area contributed by atoms with E-state index in [1.807, 2.05) is 12.2 Å². The largest absolute Gasteiger partial charge is 0.377 e. The van der Waals surface area contributed by atoms with Crippen molar-refractivity contribution in [3.8, 4) is 0 Å². The molecule has 3 aromatic carbocycles. The minimum atomic E-state index is -2.93. The van der Waals surface area contributed by atoms with E-state index in [1.165, 1.54) is 69.1 Å². The molecule has 4 N–H and O–H groups in total. The highest BCUT2D eigenvalue weighted by Gasteiger charge is 2.31. The molecule has 15 rings (SSSR count). The predicted molar refractivity (Wildman–Crippen MR) is 409 cm³/mol. The lowest BCUT2D eigenvalue weighted by Crippen LogP contribution is -2.34. The molecule has 37 heteroatoms. The van der Waals surface area contributed by atoms with Gasteiger partial charge >= 0.3 is 0 Å². The number of carbonyl (C=O) groups is 1. The van der Waals surface area contributed by atoms with Gasteiger partial charge in [-0.2, -0.15) is 0 Å². The van der Waals surface area contributed by atoms with Crippen LogP contribution in [0.4, 0.5) is 57.0 Å². The molecule has 6 aliphatic rings. The highest BCUT2D eigenvalue weighted by molar-refractivity contribution is 7.94. The Kier molecular flexibility index (Phi) is 24.8. The molecule has 0 bridgehead atoms. The number of carbonyl (C=O) groups excluding carboxylic acids is 1. The summed E-state index contributed by atoms with van der Waals surface area (Å²) in [6.07, 6.45) is 1.48. The molecule has 0 saturated carbocycles. The van der Waals surface area contributed by atoms with Gasteiger partial charge in [0, 0.05) is 81.5 Å². The van der Waals surface area contributed by atoms with Gasteiger partial charge in [-0.1, -0.05) is 72.8 Å². The van der Waals surface area contributed by atoms with Crippen molar-refractivity contribution in [2.24, 2.45) is 29.9 Å². The second kappa shape index (κ2) is 34.1. The van der Waals surface area contributed by atoms with Gasteiger partial charge in [0.2, 0.25) is 0 Å². The first-order valence-corrected chi connectivity index (χ1v) is 41.0. The number of anilines is 3. The number of Topliss-reactive ketones (excluding diaryl/α,β-unsaturated/α-hetero) is 1. The topological polar surface area (TPSA) is 324 Å². The number of ether oxygens (including phenoxy) is 3. The molecule has 25 nitrogen and oxygen atoms in total. The minimum Gasteiger partial charge on any atom is -0.377 e. The molecule has 9 aromatic rings. The maximum absolute atomic E-state index is 14.7. The lowest BCUT2D eigenvalue weighted by molar-refractivity contribution is -0.140. The molecular formula is C75H78F9N15O10S3. The van der Waals surface area contributed by atoms with E-state index in [0.717, 1.165) is 29.3 Å². The average Bonchev–Trinajstić information content (AvgIpc) is 0.772. The molecule has 0 aliphatic carbocycles. The number of hydrogen-bond acceptors (Lipinski definition) is 22. The summed E-state index contributed by atoms with van der Waals surface area (Å²) >= 11 is 0. The van der Waals surface area contributed by atoms with E-state index in [9.17, 15) is 71.3 Å². The summed E-state index contributed by atoms with van der Waals surface area (Å²) in [7, 11) is -2.69. The van der Waals surface area contributed by atoms with Crippen molar-refractivity contribution in [2.45, 2.75) is 89.5 Å². The van der Waals surface area contributed by atoms with Crippen LogP contribution in [0.5, 0.6) is 0 Å². The molecule has 3 saturated heterocycles. The fourth-order valence-corrected chi connectivity index (χ4v) is 18.4. The number of alkyl halides is 6. The van der Waals surface area contributed by atoms with Crippen LogP contribution >= 0.6 is 0 Å². The van der Waals surface area contributed by atoms with Gasteiger partial charge < -0.3 is 30.2 Å². The number of ketones is 1. The number of aryl methyl sites for hydroxylation is 3. The number of hydrogen-bond donors (Lipinski definition) is 4. The Balaban J connectivity index is 0.000000151. The SMILES string of the molecule is C[C@@H](Nc1ncnc2c1cc(C1=CCS(=N)(=O)CC1)c(=O)n2C)c1cccc(C(F)F)c1F.C[C@@H](Nc1ncnc2c1cc(C1=CCS(=O)(=NC3COC3)CC1)c(=O)n2C)c1cccc(C(F)F)c1F.C[C@@H](Nc1ncnc2c1cc(C1=CCS(=O)(=NC3COC3)CC1)c(=O)n2C)c1cccc(C(F)F)c1F.O=C1COC1. The molecule has 112 heavy (non-hydrogen) atoms. The Labute approximate surface area is 636 Å². The number of halogens is 9. The normalized spacial score (nSPS) is 20.6. The number of fused-ring (bicyclic) bond motifs is 3. The van der Waals surface area contributed by atoms with Crippen LogP contribution < -0.4 is 32.6 Å². The number of aromatic nitrogens is 9. The number of pyridine rings is 3. The fourth-order valence-electron chi connectivity index (χ4n) is 13.2. The van der Waals surface area contributed by atoms with Gasteiger partial charge in [-0.15, -0.1) is 0 Å². The van der Waals surface area contributed by atoms with E-state index in [0.29, 0.717) is 143 Å². The van der Waals surface area contributed by atoms with Gasteiger partial charge in [0.05, 0.1) is 114 Å². The fraction of sp³-hybridized carbons (Fsp3) is 0.387. The van der Waals surface area contributed by atoms with E-state index < -0.39 is 101 Å². The van der Waals surface area contributed by atoms with Gasteiger partial charge in [0.15, 0.2) is 5.78 Å². The predicted octanol–water partition coefficient (Wildman–Crippen LogP) is 12.5. The van der Waals surface area contributed by atoms with Crippen molar-refractivity contribution >= 4 is 102 Å². The standard InChI is InChI=1S/2C25H26F3N5O3S.C22H22F3N5O2S.C3H4O2/c2*1-14(17-4-3-5-18(21(17)26)22(27)28)31-23-20-10-19(25(34)33(2)24(20)30-13-29-23)15-6-8-37(35,9-7-15)32-16-11-36-12-16;1-12(14-4-3-5-15(18(14)23)19(24)25)29-20-17-10-16(13-6-8-33(26,32)9-7-13)22(31)30(2)21(17)28-11-27-20;4-3-1-5-2-3/h2*3-6,10,13-14,16,22H,7-9,11-12H2,1-2H3,(H,29,30,31);3-6,10-12,19,26H,7-9H2,1-2H3,(H,27,28,29);1-2H2/t2*14-,37?;12-,33?;/m111./s1. The van der Waals surface area contributed by atoms with Crippen molar-refractivity contribution in [1.82, 2.24) is 43.6 Å². The lowest BCUT2D eigenvalue weighted by atomic mass is 10.0. The maximum atomic E-state index is 14.7. The number of benzene rings is 3.